The number of carbonyl (C=O) groups excluding carboxylic acids is 2. The van der Waals surface area contributed by atoms with Gasteiger partial charge in [-0.25, -0.2) is 22.3 Å². The van der Waals surface area contributed by atoms with Crippen LogP contribution in [0.15, 0.2) is 45.9 Å². The van der Waals surface area contributed by atoms with E-state index in [0.717, 1.165) is 18.2 Å². The number of carbonyl (C=O) groups is 2. The predicted octanol–water partition coefficient (Wildman–Crippen LogP) is 1.19. The van der Waals surface area contributed by atoms with Gasteiger partial charge >= 0.3 is 5.97 Å². The van der Waals surface area contributed by atoms with E-state index in [0.29, 0.717) is 5.76 Å². The summed E-state index contributed by atoms with van der Waals surface area (Å²) in [4.78, 5) is 23.7. The second-order valence-electron chi connectivity index (χ2n) is 5.19. The Hall–Kier alpha value is -2.72. The van der Waals surface area contributed by atoms with Crippen LogP contribution in [0.4, 0.5) is 4.39 Å². The SMILES string of the molecule is CNS(=O)(=O)c1ccc(F)c(C(=O)OC(C)C(=O)NCc2ccco2)c1. The van der Waals surface area contributed by atoms with Crippen molar-refractivity contribution >= 4 is 21.9 Å². The zero-order valence-electron chi connectivity index (χ0n) is 14.0. The van der Waals surface area contributed by atoms with E-state index in [2.05, 4.69) is 10.0 Å². The average Bonchev–Trinajstić information content (AvgIpc) is 3.13. The van der Waals surface area contributed by atoms with Gasteiger partial charge in [-0.2, -0.15) is 0 Å². The molecular formula is C16H17FN2O6S. The van der Waals surface area contributed by atoms with Gasteiger partial charge in [0.15, 0.2) is 6.10 Å². The van der Waals surface area contributed by atoms with E-state index in [1.54, 1.807) is 12.1 Å². The Balaban J connectivity index is 2.06. The predicted molar refractivity (Wildman–Crippen MR) is 88.1 cm³/mol. The molecule has 140 valence electrons. The molecule has 0 radical (unpaired) electrons. The molecule has 10 heteroatoms. The Morgan fingerprint density at radius 1 is 1.31 bits per heavy atom. The van der Waals surface area contributed by atoms with Gasteiger partial charge in [0.25, 0.3) is 5.91 Å². The van der Waals surface area contributed by atoms with Crippen molar-refractivity contribution in [3.05, 3.63) is 53.7 Å². The molecule has 0 saturated heterocycles. The number of hydrogen-bond donors (Lipinski definition) is 2. The summed E-state index contributed by atoms with van der Waals surface area (Å²) in [6.45, 7) is 1.40. The summed E-state index contributed by atoms with van der Waals surface area (Å²) in [5.74, 6) is -2.23. The lowest BCUT2D eigenvalue weighted by molar-refractivity contribution is -0.129. The first-order chi connectivity index (χ1) is 12.2. The third-order valence-electron chi connectivity index (χ3n) is 3.41. The standard InChI is InChI=1S/C16H17FN2O6S/c1-10(15(20)19-9-11-4-3-7-24-11)25-16(21)13-8-12(5-6-14(13)17)26(22,23)18-2/h3-8,10,18H,9H2,1-2H3,(H,19,20). The van der Waals surface area contributed by atoms with Gasteiger partial charge in [0.2, 0.25) is 10.0 Å². The molecule has 1 heterocycles. The van der Waals surface area contributed by atoms with Crippen molar-refractivity contribution in [3.63, 3.8) is 0 Å². The van der Waals surface area contributed by atoms with E-state index in [4.69, 9.17) is 9.15 Å². The van der Waals surface area contributed by atoms with Crippen LogP contribution in [0.2, 0.25) is 0 Å². The van der Waals surface area contributed by atoms with E-state index < -0.39 is 39.4 Å². The number of hydrogen-bond acceptors (Lipinski definition) is 6. The summed E-state index contributed by atoms with van der Waals surface area (Å²) < 4.78 is 49.4. The van der Waals surface area contributed by atoms with Crippen molar-refractivity contribution in [1.82, 2.24) is 10.0 Å². The van der Waals surface area contributed by atoms with E-state index in [-0.39, 0.29) is 11.4 Å². The summed E-state index contributed by atoms with van der Waals surface area (Å²) in [7, 11) is -2.68. The van der Waals surface area contributed by atoms with Gasteiger partial charge in [0.05, 0.1) is 23.3 Å². The zero-order chi connectivity index (χ0) is 19.3. The molecular weight excluding hydrogens is 367 g/mol. The van der Waals surface area contributed by atoms with Gasteiger partial charge in [0, 0.05) is 0 Å². The maximum absolute atomic E-state index is 13.9. The maximum atomic E-state index is 13.9. The number of furan rings is 1. The molecule has 1 atom stereocenters. The fourth-order valence-electron chi connectivity index (χ4n) is 1.95. The quantitative estimate of drug-likeness (QED) is 0.693. The highest BCUT2D eigenvalue weighted by Gasteiger charge is 2.23. The first-order valence-corrected chi connectivity index (χ1v) is 8.97. The maximum Gasteiger partial charge on any atom is 0.341 e. The van der Waals surface area contributed by atoms with Crippen molar-refractivity contribution < 1.29 is 31.6 Å². The summed E-state index contributed by atoms with van der Waals surface area (Å²) >= 11 is 0. The number of nitrogens with one attached hydrogen (secondary N) is 2. The fourth-order valence-corrected chi connectivity index (χ4v) is 2.71. The minimum atomic E-state index is -3.86. The molecule has 0 saturated carbocycles. The van der Waals surface area contributed by atoms with E-state index in [9.17, 15) is 22.4 Å². The van der Waals surface area contributed by atoms with Crippen LogP contribution in [0.1, 0.15) is 23.0 Å². The highest BCUT2D eigenvalue weighted by atomic mass is 32.2. The second-order valence-corrected chi connectivity index (χ2v) is 7.08. The molecule has 0 aliphatic carbocycles. The molecule has 0 fully saturated rings. The smallest absolute Gasteiger partial charge is 0.341 e. The van der Waals surface area contributed by atoms with Gasteiger partial charge in [-0.3, -0.25) is 4.79 Å². The number of halogens is 1. The van der Waals surface area contributed by atoms with Gasteiger partial charge in [-0.1, -0.05) is 0 Å². The first-order valence-electron chi connectivity index (χ1n) is 7.48. The lowest BCUT2D eigenvalue weighted by Crippen LogP contribution is -2.35. The number of rotatable bonds is 7. The molecule has 0 bridgehead atoms. The van der Waals surface area contributed by atoms with Crippen LogP contribution >= 0.6 is 0 Å². The molecule has 0 aliphatic rings. The number of sulfonamides is 1. The van der Waals surface area contributed by atoms with Crippen molar-refractivity contribution in [2.75, 3.05) is 7.05 Å². The Morgan fingerprint density at radius 2 is 2.04 bits per heavy atom. The molecule has 8 nitrogen and oxygen atoms in total. The summed E-state index contributed by atoms with van der Waals surface area (Å²) in [5.41, 5.74) is -0.591. The molecule has 0 aliphatic heterocycles. The lowest BCUT2D eigenvalue weighted by Gasteiger charge is -2.14. The van der Waals surface area contributed by atoms with E-state index >= 15 is 0 Å². The molecule has 1 amide bonds. The topological polar surface area (TPSA) is 115 Å². The van der Waals surface area contributed by atoms with Gasteiger partial charge in [-0.15, -0.1) is 0 Å². The third kappa shape index (κ3) is 4.67. The van der Waals surface area contributed by atoms with Gasteiger partial charge in [-0.05, 0) is 44.3 Å². The van der Waals surface area contributed by atoms with Crippen LogP contribution in [0.5, 0.6) is 0 Å². The Morgan fingerprint density at radius 3 is 2.65 bits per heavy atom. The van der Waals surface area contributed by atoms with Crippen LogP contribution in [-0.2, 0) is 26.1 Å². The Bertz CT molecular complexity index is 895. The van der Waals surface area contributed by atoms with E-state index in [1.807, 2.05) is 0 Å². The first kappa shape index (κ1) is 19.6. The molecule has 26 heavy (non-hydrogen) atoms. The van der Waals surface area contributed by atoms with Crippen molar-refractivity contribution in [1.29, 1.82) is 0 Å². The molecule has 1 aromatic carbocycles. The van der Waals surface area contributed by atoms with Crippen LogP contribution in [0, 0.1) is 5.82 Å². The zero-order valence-corrected chi connectivity index (χ0v) is 14.8. The third-order valence-corrected chi connectivity index (χ3v) is 4.82. The molecule has 2 aromatic rings. The molecule has 1 aromatic heterocycles. The number of amides is 1. The second kappa shape index (κ2) is 8.11. The highest BCUT2D eigenvalue weighted by Crippen LogP contribution is 2.16. The minimum absolute atomic E-state index is 0.0952. The normalized spacial score (nSPS) is 12.4. The number of esters is 1. The van der Waals surface area contributed by atoms with Crippen molar-refractivity contribution in [3.8, 4) is 0 Å². The van der Waals surface area contributed by atoms with Crippen molar-refractivity contribution in [2.45, 2.75) is 24.5 Å². The monoisotopic (exact) mass is 384 g/mol. The largest absolute Gasteiger partial charge is 0.467 e. The highest BCUT2D eigenvalue weighted by molar-refractivity contribution is 7.89. The number of ether oxygens (including phenoxy) is 1. The molecule has 0 spiro atoms. The van der Waals surface area contributed by atoms with Crippen molar-refractivity contribution in [2.24, 2.45) is 0 Å². The minimum Gasteiger partial charge on any atom is -0.467 e. The van der Waals surface area contributed by atoms with Gasteiger partial charge < -0.3 is 14.5 Å². The number of benzene rings is 1. The Labute approximate surface area is 149 Å². The Kier molecular flexibility index (Phi) is 6.11. The van der Waals surface area contributed by atoms with Gasteiger partial charge in [0.1, 0.15) is 11.6 Å². The fraction of sp³-hybridized carbons (Fsp3) is 0.250. The van der Waals surface area contributed by atoms with Crippen LogP contribution < -0.4 is 10.0 Å². The molecule has 1 unspecified atom stereocenters. The summed E-state index contributed by atoms with van der Waals surface area (Å²) in [6, 6.07) is 6.00. The molecule has 2 N–H and O–H groups in total. The average molecular weight is 384 g/mol. The summed E-state index contributed by atoms with van der Waals surface area (Å²) in [6.07, 6.45) is 0.223. The lowest BCUT2D eigenvalue weighted by atomic mass is 10.2. The van der Waals surface area contributed by atoms with E-state index in [1.165, 1.54) is 20.2 Å². The van der Waals surface area contributed by atoms with Crippen LogP contribution in [0.25, 0.3) is 0 Å². The summed E-state index contributed by atoms with van der Waals surface area (Å²) in [5, 5.41) is 2.49. The van der Waals surface area contributed by atoms with Crippen LogP contribution in [-0.4, -0.2) is 33.4 Å². The van der Waals surface area contributed by atoms with Crippen LogP contribution in [0.3, 0.4) is 0 Å². The molecule has 2 rings (SSSR count).